The van der Waals surface area contributed by atoms with Crippen LogP contribution in [0.5, 0.6) is 0 Å². The quantitative estimate of drug-likeness (QED) is 0.621. The molecule has 2 N–H and O–H groups in total. The van der Waals surface area contributed by atoms with Gasteiger partial charge in [0.1, 0.15) is 0 Å². The van der Waals surface area contributed by atoms with E-state index in [1.807, 2.05) is 0 Å². The molecule has 4 nitrogen and oxygen atoms in total. The van der Waals surface area contributed by atoms with Crippen molar-refractivity contribution in [2.75, 3.05) is 0 Å². The third-order valence-corrected chi connectivity index (χ3v) is 0.667. The van der Waals surface area contributed by atoms with E-state index in [4.69, 9.17) is 10.2 Å². The van der Waals surface area contributed by atoms with Crippen LogP contribution in [0.15, 0.2) is 12.2 Å². The zero-order valence-electron chi connectivity index (χ0n) is 4.63. The molecule has 0 heterocycles. The van der Waals surface area contributed by atoms with Gasteiger partial charge in [-0.2, -0.15) is 0 Å². The molecule has 0 aliphatic carbocycles. The van der Waals surface area contributed by atoms with Crippen LogP contribution in [0.1, 0.15) is 6.42 Å². The van der Waals surface area contributed by atoms with Gasteiger partial charge in [-0.1, -0.05) is 6.58 Å². The van der Waals surface area contributed by atoms with Crippen molar-refractivity contribution in [2.45, 2.75) is 6.42 Å². The summed E-state index contributed by atoms with van der Waals surface area (Å²) in [6, 6.07) is 0. The van der Waals surface area contributed by atoms with E-state index in [-0.39, 0.29) is 63.8 Å². The minimum absolute atomic E-state index is 0. The second-order valence-corrected chi connectivity index (χ2v) is 1.48. The summed E-state index contributed by atoms with van der Waals surface area (Å²) in [6.45, 7) is 3.01. The Balaban J connectivity index is 0. The van der Waals surface area contributed by atoms with Gasteiger partial charge in [0.25, 0.3) is 0 Å². The fraction of sp³-hybridized carbons (Fsp3) is 0.200. The molecular formula is C5H7O4Rb. The molecule has 52 valence electrons. The third kappa shape index (κ3) is 6.60. The minimum atomic E-state index is -1.27. The molecule has 0 unspecified atom stereocenters. The summed E-state index contributed by atoms with van der Waals surface area (Å²) in [7, 11) is 0. The van der Waals surface area contributed by atoms with Gasteiger partial charge in [0, 0.05) is 5.57 Å². The first-order chi connectivity index (χ1) is 4.04. The number of hydrogen-bond acceptors (Lipinski definition) is 2. The van der Waals surface area contributed by atoms with E-state index in [9.17, 15) is 9.59 Å². The molecule has 0 aliphatic rings. The summed E-state index contributed by atoms with van der Waals surface area (Å²) in [5.41, 5.74) is -0.303. The van der Waals surface area contributed by atoms with E-state index >= 15 is 0 Å². The fourth-order valence-corrected chi connectivity index (χ4v) is 0.258. The molecule has 0 radical (unpaired) electrons. The van der Waals surface area contributed by atoms with Gasteiger partial charge < -0.3 is 10.2 Å². The molecule has 0 aromatic carbocycles. The van der Waals surface area contributed by atoms with Crippen molar-refractivity contribution in [3.8, 4) is 0 Å². The van der Waals surface area contributed by atoms with Crippen LogP contribution in [0.3, 0.4) is 0 Å². The topological polar surface area (TPSA) is 74.6 Å². The number of rotatable bonds is 3. The van der Waals surface area contributed by atoms with E-state index in [1.165, 1.54) is 0 Å². The summed E-state index contributed by atoms with van der Waals surface area (Å²) in [5, 5.41) is 16.1. The standard InChI is InChI=1S/C5H6O4.Rb.H/c1-3(5(8)9)2-4(6)7;;/h1-2H2,(H,6,7)(H,8,9);;. The zero-order chi connectivity index (χ0) is 7.44. The third-order valence-electron chi connectivity index (χ3n) is 0.667. The van der Waals surface area contributed by atoms with Crippen LogP contribution in [0.2, 0.25) is 0 Å². The van der Waals surface area contributed by atoms with Crippen molar-refractivity contribution >= 4 is 70.1 Å². The molecule has 0 atom stereocenters. The zero-order valence-corrected chi connectivity index (χ0v) is 4.63. The Morgan fingerprint density at radius 2 is 1.70 bits per heavy atom. The van der Waals surface area contributed by atoms with Crippen LogP contribution in [-0.2, 0) is 9.59 Å². The average Bonchev–Trinajstić information content (AvgIpc) is 1.63. The van der Waals surface area contributed by atoms with Gasteiger partial charge in [0.15, 0.2) is 0 Å². The Morgan fingerprint density at radius 1 is 1.30 bits per heavy atom. The molecule has 10 heavy (non-hydrogen) atoms. The normalized spacial score (nSPS) is 7.60. The predicted octanol–water partition coefficient (Wildman–Crippen LogP) is -0.547. The average molecular weight is 217 g/mol. The number of carboxylic acid groups (broad SMARTS) is 2. The van der Waals surface area contributed by atoms with Crippen molar-refractivity contribution in [1.29, 1.82) is 0 Å². The van der Waals surface area contributed by atoms with Crippen molar-refractivity contribution < 1.29 is 19.8 Å². The van der Waals surface area contributed by atoms with Crippen molar-refractivity contribution in [3.05, 3.63) is 12.2 Å². The molecular weight excluding hydrogens is 210 g/mol. The van der Waals surface area contributed by atoms with Gasteiger partial charge in [0.2, 0.25) is 0 Å². The van der Waals surface area contributed by atoms with Crippen molar-refractivity contribution in [2.24, 2.45) is 0 Å². The SMILES string of the molecule is C=C(CC(=O)O)C(=O)O.[RbH]. The van der Waals surface area contributed by atoms with E-state index in [0.29, 0.717) is 0 Å². The van der Waals surface area contributed by atoms with Gasteiger partial charge >= 0.3 is 70.1 Å². The monoisotopic (exact) mass is 216 g/mol. The van der Waals surface area contributed by atoms with Crippen molar-refractivity contribution in [1.82, 2.24) is 0 Å². The Hall–Kier alpha value is 0.485. The molecule has 0 saturated carbocycles. The van der Waals surface area contributed by atoms with Crippen LogP contribution in [-0.4, -0.2) is 80.3 Å². The maximum absolute atomic E-state index is 9.87. The fourth-order valence-electron chi connectivity index (χ4n) is 0.258. The molecule has 0 saturated heterocycles. The van der Waals surface area contributed by atoms with Crippen molar-refractivity contribution in [3.63, 3.8) is 0 Å². The molecule has 0 rings (SSSR count). The van der Waals surface area contributed by atoms with Gasteiger partial charge in [-0.05, 0) is 0 Å². The molecule has 0 amide bonds. The van der Waals surface area contributed by atoms with Gasteiger partial charge in [-0.25, -0.2) is 4.79 Å². The van der Waals surface area contributed by atoms with Crippen LogP contribution in [0.25, 0.3) is 0 Å². The van der Waals surface area contributed by atoms with Crippen LogP contribution >= 0.6 is 0 Å². The summed E-state index contributed by atoms with van der Waals surface area (Å²) < 4.78 is 0. The molecule has 0 aromatic heterocycles. The number of aliphatic carboxylic acids is 2. The molecule has 0 fully saturated rings. The Labute approximate surface area is 107 Å². The Kier molecular flexibility index (Phi) is 8.14. The summed E-state index contributed by atoms with van der Waals surface area (Å²) in [5.74, 6) is -2.44. The molecule has 0 spiro atoms. The van der Waals surface area contributed by atoms with Gasteiger partial charge in [-0.3, -0.25) is 4.79 Å². The molecule has 5 heteroatoms. The second-order valence-electron chi connectivity index (χ2n) is 1.48. The van der Waals surface area contributed by atoms with E-state index in [0.717, 1.165) is 0 Å². The molecule has 0 aliphatic heterocycles. The van der Waals surface area contributed by atoms with Gasteiger partial charge in [0.05, 0.1) is 6.42 Å². The Morgan fingerprint density at radius 3 is 1.80 bits per heavy atom. The molecule has 0 aromatic rings. The van der Waals surface area contributed by atoms with Crippen LogP contribution in [0, 0.1) is 0 Å². The second kappa shape index (κ2) is 6.21. The van der Waals surface area contributed by atoms with E-state index in [1.54, 1.807) is 0 Å². The number of carboxylic acids is 2. The number of hydrogen-bond donors (Lipinski definition) is 2. The Bertz CT molecular complexity index is 163. The van der Waals surface area contributed by atoms with E-state index < -0.39 is 18.4 Å². The van der Waals surface area contributed by atoms with Gasteiger partial charge in [-0.15, -0.1) is 0 Å². The van der Waals surface area contributed by atoms with E-state index in [2.05, 4.69) is 6.58 Å². The first kappa shape index (κ1) is 13.1. The van der Waals surface area contributed by atoms with Crippen LogP contribution in [0.4, 0.5) is 0 Å². The maximum atomic E-state index is 9.87. The van der Waals surface area contributed by atoms with Crippen LogP contribution < -0.4 is 0 Å². The molecule has 0 bridgehead atoms. The predicted molar refractivity (Wildman–Crippen MR) is 36.2 cm³/mol. The summed E-state index contributed by atoms with van der Waals surface area (Å²) >= 11 is 0. The first-order valence-electron chi connectivity index (χ1n) is 2.17. The summed E-state index contributed by atoms with van der Waals surface area (Å²) in [6.07, 6.45) is -0.505. The summed E-state index contributed by atoms with van der Waals surface area (Å²) in [4.78, 5) is 19.7. The first-order valence-corrected chi connectivity index (χ1v) is 2.17. The number of carbonyl (C=O) groups is 2.